The second-order valence-corrected chi connectivity index (χ2v) is 2.94. The molecule has 0 unspecified atom stereocenters. The maximum Gasteiger partial charge on any atom is 0.243 e. The van der Waals surface area contributed by atoms with E-state index in [0.717, 1.165) is 0 Å². The molecule has 0 bridgehead atoms. The van der Waals surface area contributed by atoms with E-state index in [9.17, 15) is 4.79 Å². The number of carbonyl (C=O) groups is 1. The Balaban J connectivity index is 0. The minimum Gasteiger partial charge on any atom is -0.412 e. The lowest BCUT2D eigenvalue weighted by atomic mass is 10.1. The molecule has 10 heavy (non-hydrogen) atoms. The summed E-state index contributed by atoms with van der Waals surface area (Å²) in [6, 6.07) is 0. The Morgan fingerprint density at radius 2 is 1.90 bits per heavy atom. The molecule has 3 nitrogen and oxygen atoms in total. The molecule has 0 aromatic carbocycles. The summed E-state index contributed by atoms with van der Waals surface area (Å²) in [5.74, 6) is -0.123. The highest BCUT2D eigenvalue weighted by Crippen LogP contribution is 1.97. The zero-order chi connectivity index (χ0) is 7.49. The number of amides is 1. The van der Waals surface area contributed by atoms with Gasteiger partial charge in [-0.15, -0.1) is 0 Å². The van der Waals surface area contributed by atoms with Crippen molar-refractivity contribution in [3.8, 4) is 0 Å². The zero-order valence-electron chi connectivity index (χ0n) is 6.69. The Morgan fingerprint density at radius 1 is 1.50 bits per heavy atom. The number of hydrogen-bond acceptors (Lipinski definition) is 1. The molecule has 0 heterocycles. The van der Waals surface area contributed by atoms with Gasteiger partial charge in [0.25, 0.3) is 0 Å². The number of carbonyl (C=O) groups excluding carboxylic acids is 1. The summed E-state index contributed by atoms with van der Waals surface area (Å²) < 4.78 is 0. The Hall–Kier alpha value is -0.830. The fraction of sp³-hybridized carbons (Fsp3) is 0.571. The molecule has 0 radical (unpaired) electrons. The van der Waals surface area contributed by atoms with Gasteiger partial charge in [-0.3, -0.25) is 4.79 Å². The summed E-state index contributed by atoms with van der Waals surface area (Å²) in [7, 11) is 0. The Kier molecular flexibility index (Phi) is 4.83. The van der Waals surface area contributed by atoms with Crippen molar-refractivity contribution in [3.05, 3.63) is 12.7 Å². The Morgan fingerprint density at radius 3 is 2.00 bits per heavy atom. The molecule has 0 rings (SSSR count). The van der Waals surface area contributed by atoms with Gasteiger partial charge in [0.05, 0.1) is 0 Å². The second-order valence-electron chi connectivity index (χ2n) is 2.94. The van der Waals surface area contributed by atoms with E-state index in [1.54, 1.807) is 0 Å². The van der Waals surface area contributed by atoms with E-state index >= 15 is 0 Å². The normalized spacial score (nSPS) is 9.50. The second kappa shape index (κ2) is 4.06. The smallest absolute Gasteiger partial charge is 0.243 e. The minimum absolute atomic E-state index is 0. The van der Waals surface area contributed by atoms with Gasteiger partial charge in [-0.05, 0) is 26.8 Å². The van der Waals surface area contributed by atoms with E-state index in [4.69, 9.17) is 0 Å². The van der Waals surface area contributed by atoms with Gasteiger partial charge in [-0.1, -0.05) is 6.58 Å². The summed E-state index contributed by atoms with van der Waals surface area (Å²) >= 11 is 0. The molecule has 0 aliphatic rings. The summed E-state index contributed by atoms with van der Waals surface area (Å²) in [5, 5.41) is 2.71. The monoisotopic (exact) mass is 145 g/mol. The summed E-state index contributed by atoms with van der Waals surface area (Å²) in [5.41, 5.74) is -0.148. The molecular weight excluding hydrogens is 130 g/mol. The predicted molar refractivity (Wildman–Crippen MR) is 41.7 cm³/mol. The molecule has 0 aliphatic carbocycles. The van der Waals surface area contributed by atoms with Crippen LogP contribution in [0, 0.1) is 0 Å². The highest BCUT2D eigenvalue weighted by molar-refractivity contribution is 5.87. The van der Waals surface area contributed by atoms with Gasteiger partial charge in [0.1, 0.15) is 0 Å². The van der Waals surface area contributed by atoms with Crippen LogP contribution in [0.15, 0.2) is 12.7 Å². The molecule has 1 amide bonds. The average molecular weight is 145 g/mol. The van der Waals surface area contributed by atoms with Crippen molar-refractivity contribution in [1.82, 2.24) is 5.32 Å². The van der Waals surface area contributed by atoms with Crippen LogP contribution in [0.3, 0.4) is 0 Å². The fourth-order valence-corrected chi connectivity index (χ4v) is 0.421. The molecule has 0 fully saturated rings. The molecule has 60 valence electrons. The number of rotatable bonds is 1. The molecule has 0 aromatic heterocycles. The lowest BCUT2D eigenvalue weighted by Crippen LogP contribution is -2.39. The lowest BCUT2D eigenvalue weighted by molar-refractivity contribution is -0.117. The van der Waals surface area contributed by atoms with Crippen LogP contribution in [-0.4, -0.2) is 16.9 Å². The minimum atomic E-state index is -0.148. The van der Waals surface area contributed by atoms with Crippen LogP contribution < -0.4 is 5.32 Å². The van der Waals surface area contributed by atoms with Crippen molar-refractivity contribution in [2.24, 2.45) is 0 Å². The molecule has 0 spiro atoms. The van der Waals surface area contributed by atoms with E-state index in [0.29, 0.717) is 0 Å². The van der Waals surface area contributed by atoms with Gasteiger partial charge in [0.15, 0.2) is 0 Å². The Bertz CT molecular complexity index is 124. The topological polar surface area (TPSA) is 60.6 Å². The van der Waals surface area contributed by atoms with Gasteiger partial charge in [-0.25, -0.2) is 0 Å². The van der Waals surface area contributed by atoms with Crippen molar-refractivity contribution in [2.45, 2.75) is 26.3 Å². The van der Waals surface area contributed by atoms with Crippen LogP contribution >= 0.6 is 0 Å². The van der Waals surface area contributed by atoms with E-state index in [-0.39, 0.29) is 16.9 Å². The third kappa shape index (κ3) is 7.17. The molecule has 0 aromatic rings. The molecule has 0 saturated heterocycles. The zero-order valence-corrected chi connectivity index (χ0v) is 6.69. The van der Waals surface area contributed by atoms with E-state index in [1.807, 2.05) is 20.8 Å². The highest BCUT2D eigenvalue weighted by Gasteiger charge is 2.10. The lowest BCUT2D eigenvalue weighted by Gasteiger charge is -2.18. The van der Waals surface area contributed by atoms with Gasteiger partial charge in [-0.2, -0.15) is 0 Å². The molecule has 3 heteroatoms. The van der Waals surface area contributed by atoms with Gasteiger partial charge >= 0.3 is 0 Å². The first-order chi connectivity index (χ1) is 3.95. The third-order valence-electron chi connectivity index (χ3n) is 0.684. The molecule has 0 atom stereocenters. The van der Waals surface area contributed by atoms with Crippen molar-refractivity contribution in [3.63, 3.8) is 0 Å². The number of nitrogens with one attached hydrogen (secondary N) is 1. The first-order valence-corrected chi connectivity index (χ1v) is 2.90. The van der Waals surface area contributed by atoms with Crippen molar-refractivity contribution in [1.29, 1.82) is 0 Å². The van der Waals surface area contributed by atoms with Gasteiger partial charge in [0, 0.05) is 5.54 Å². The fourth-order valence-electron chi connectivity index (χ4n) is 0.421. The molecule has 3 N–H and O–H groups in total. The van der Waals surface area contributed by atoms with E-state index < -0.39 is 0 Å². The van der Waals surface area contributed by atoms with Crippen molar-refractivity contribution < 1.29 is 10.3 Å². The van der Waals surface area contributed by atoms with Crippen LogP contribution in [-0.2, 0) is 4.79 Å². The molecular formula is C7H15NO2. The first kappa shape index (κ1) is 11.9. The van der Waals surface area contributed by atoms with Crippen LogP contribution in [0.4, 0.5) is 0 Å². The Labute approximate surface area is 61.4 Å². The van der Waals surface area contributed by atoms with E-state index in [1.165, 1.54) is 6.08 Å². The summed E-state index contributed by atoms with van der Waals surface area (Å²) in [4.78, 5) is 10.6. The van der Waals surface area contributed by atoms with Crippen LogP contribution in [0.25, 0.3) is 0 Å². The van der Waals surface area contributed by atoms with Crippen molar-refractivity contribution >= 4 is 5.91 Å². The van der Waals surface area contributed by atoms with Crippen LogP contribution in [0.5, 0.6) is 0 Å². The van der Waals surface area contributed by atoms with Gasteiger partial charge < -0.3 is 10.8 Å². The number of hydrogen-bond donors (Lipinski definition) is 1. The SMILES string of the molecule is C=CC(=O)NC(C)(C)C.O. The van der Waals surface area contributed by atoms with Gasteiger partial charge in [0.2, 0.25) is 5.91 Å². The highest BCUT2D eigenvalue weighted by atomic mass is 16.1. The maximum absolute atomic E-state index is 10.6. The predicted octanol–water partition coefficient (Wildman–Crippen LogP) is 0.262. The molecule has 0 saturated carbocycles. The standard InChI is InChI=1S/C7H13NO.H2O/c1-5-6(9)8-7(2,3)4;/h5H,1H2,2-4H3,(H,8,9);1H2. The summed E-state index contributed by atoms with van der Waals surface area (Å²) in [6.07, 6.45) is 1.27. The van der Waals surface area contributed by atoms with E-state index in [2.05, 4.69) is 11.9 Å². The van der Waals surface area contributed by atoms with Crippen LogP contribution in [0.1, 0.15) is 20.8 Å². The molecule has 0 aliphatic heterocycles. The maximum atomic E-state index is 10.6. The van der Waals surface area contributed by atoms with Crippen LogP contribution in [0.2, 0.25) is 0 Å². The average Bonchev–Trinajstić information content (AvgIpc) is 1.62. The summed E-state index contributed by atoms with van der Waals surface area (Å²) in [6.45, 7) is 9.11. The quantitative estimate of drug-likeness (QED) is 0.529. The van der Waals surface area contributed by atoms with Crippen molar-refractivity contribution in [2.75, 3.05) is 0 Å². The third-order valence-corrected chi connectivity index (χ3v) is 0.684. The first-order valence-electron chi connectivity index (χ1n) is 2.90. The largest absolute Gasteiger partial charge is 0.412 e.